The molecule has 0 aromatic rings. The Morgan fingerprint density at radius 2 is 0.800 bits per heavy atom. The number of carbonyl (C=O) groups excluding carboxylic acids is 2. The molecule has 1 aliphatic rings. The fourth-order valence-electron chi connectivity index (χ4n) is 11.6. The Kier molecular flexibility index (Phi) is 63.4. The normalized spacial score (nSPS) is 18.1. The number of ether oxygens (including phenoxy) is 3. The molecule has 0 radical (unpaired) electrons. The van der Waals surface area contributed by atoms with E-state index in [4.69, 9.17) is 14.2 Å². The number of nitrogens with one attached hydrogen (secondary N) is 1. The number of hydrogen-bond acceptors (Lipinski definition) is 10. The van der Waals surface area contributed by atoms with Gasteiger partial charge in [0, 0.05) is 12.8 Å². The van der Waals surface area contributed by atoms with Crippen LogP contribution < -0.4 is 5.32 Å². The van der Waals surface area contributed by atoms with Gasteiger partial charge in [0.15, 0.2) is 6.29 Å². The van der Waals surface area contributed by atoms with Crippen molar-refractivity contribution in [2.24, 2.45) is 0 Å². The van der Waals surface area contributed by atoms with Crippen LogP contribution in [0.5, 0.6) is 0 Å². The third-order valence-electron chi connectivity index (χ3n) is 17.5. The zero-order chi connectivity index (χ0) is 65.1. The van der Waals surface area contributed by atoms with E-state index in [1.54, 1.807) is 6.08 Å². The summed E-state index contributed by atoms with van der Waals surface area (Å²) < 4.78 is 16.7. The largest absolute Gasteiger partial charge is 0.466 e. The Morgan fingerprint density at radius 1 is 0.433 bits per heavy atom. The molecule has 6 N–H and O–H groups in total. The van der Waals surface area contributed by atoms with Crippen molar-refractivity contribution < 1.29 is 49.3 Å². The van der Waals surface area contributed by atoms with E-state index >= 15 is 0 Å². The van der Waals surface area contributed by atoms with Crippen LogP contribution in [0, 0.1) is 0 Å². The van der Waals surface area contributed by atoms with Gasteiger partial charge in [0.05, 0.1) is 32.0 Å². The lowest BCUT2D eigenvalue weighted by atomic mass is 9.99. The lowest BCUT2D eigenvalue weighted by molar-refractivity contribution is -0.302. The van der Waals surface area contributed by atoms with Gasteiger partial charge in [-0.15, -0.1) is 0 Å². The van der Waals surface area contributed by atoms with Gasteiger partial charge in [-0.05, 0) is 110 Å². The smallest absolute Gasteiger partial charge is 0.305 e. The van der Waals surface area contributed by atoms with Gasteiger partial charge in [-0.1, -0.05) is 304 Å². The van der Waals surface area contributed by atoms with Crippen LogP contribution >= 0.6 is 0 Å². The Bertz CT molecular complexity index is 1770. The molecule has 0 aromatic carbocycles. The number of allylic oxidation sites excluding steroid dienone is 13. The molecule has 0 bridgehead atoms. The highest BCUT2D eigenvalue weighted by Crippen LogP contribution is 2.23. The molecular weight excluding hydrogens is 1120 g/mol. The Labute approximate surface area is 553 Å². The van der Waals surface area contributed by atoms with E-state index in [0.717, 1.165) is 77.0 Å². The molecule has 7 atom stereocenters. The third-order valence-corrected chi connectivity index (χ3v) is 17.5. The first-order chi connectivity index (χ1) is 44.2. The highest BCUT2D eigenvalue weighted by Gasteiger charge is 2.44. The van der Waals surface area contributed by atoms with Crippen LogP contribution in [0.15, 0.2) is 85.1 Å². The second kappa shape index (κ2) is 67.3. The van der Waals surface area contributed by atoms with Gasteiger partial charge in [-0.2, -0.15) is 0 Å². The van der Waals surface area contributed by atoms with E-state index in [0.29, 0.717) is 19.4 Å². The van der Waals surface area contributed by atoms with Gasteiger partial charge in [-0.3, -0.25) is 9.59 Å². The maximum Gasteiger partial charge on any atom is 0.305 e. The van der Waals surface area contributed by atoms with Gasteiger partial charge in [0.2, 0.25) is 5.91 Å². The molecule has 1 saturated heterocycles. The lowest BCUT2D eigenvalue weighted by Gasteiger charge is -2.40. The van der Waals surface area contributed by atoms with Crippen molar-refractivity contribution in [2.75, 3.05) is 19.8 Å². The molecule has 90 heavy (non-hydrogen) atoms. The van der Waals surface area contributed by atoms with Crippen LogP contribution in [0.1, 0.15) is 341 Å². The second-order valence-corrected chi connectivity index (χ2v) is 26.0. The first-order valence-electron chi connectivity index (χ1n) is 37.8. The first-order valence-corrected chi connectivity index (χ1v) is 37.8. The van der Waals surface area contributed by atoms with Crippen LogP contribution in [0.25, 0.3) is 0 Å². The number of carbonyl (C=O) groups is 2. The molecule has 11 heteroatoms. The topological polar surface area (TPSA) is 175 Å². The fraction of sp³-hybridized carbons (Fsp3) is 0.797. The highest BCUT2D eigenvalue weighted by atomic mass is 16.7. The Hall–Kier alpha value is -3.16. The molecule has 0 saturated carbocycles. The summed E-state index contributed by atoms with van der Waals surface area (Å²) in [6.45, 7) is 4.07. The SMILES string of the molecule is C/C=C/CC/C=C/CC/C=C/C(O)C(COC1OC(CO)C(O)C(O)C1O)NC(=O)CCCCCCCCCCCCCCCCCCC/C=C\C/C=C\CCCCCCCCCCCCCCCCCOC(=O)CCCCCCC/C=C\C/C=C\CCCC. The maximum atomic E-state index is 13.0. The molecule has 0 aliphatic carbocycles. The zero-order valence-electron chi connectivity index (χ0n) is 58.1. The molecule has 1 heterocycles. The van der Waals surface area contributed by atoms with Crippen LogP contribution in [-0.4, -0.2) is 100 Å². The van der Waals surface area contributed by atoms with Crippen molar-refractivity contribution >= 4 is 11.9 Å². The summed E-state index contributed by atoms with van der Waals surface area (Å²) in [5, 5.41) is 54.3. The van der Waals surface area contributed by atoms with Gasteiger partial charge in [0.1, 0.15) is 24.4 Å². The van der Waals surface area contributed by atoms with Crippen molar-refractivity contribution in [3.05, 3.63) is 85.1 Å². The van der Waals surface area contributed by atoms with Gasteiger partial charge in [0.25, 0.3) is 0 Å². The van der Waals surface area contributed by atoms with Gasteiger partial charge in [-0.25, -0.2) is 0 Å². The van der Waals surface area contributed by atoms with Gasteiger partial charge >= 0.3 is 5.97 Å². The van der Waals surface area contributed by atoms with E-state index in [1.807, 2.05) is 19.1 Å². The van der Waals surface area contributed by atoms with Crippen molar-refractivity contribution in [3.63, 3.8) is 0 Å². The number of hydrogen-bond donors (Lipinski definition) is 6. The van der Waals surface area contributed by atoms with E-state index < -0.39 is 49.5 Å². The molecular formula is C79H141NO10. The molecule has 1 rings (SSSR count). The summed E-state index contributed by atoms with van der Waals surface area (Å²) >= 11 is 0. The number of aliphatic hydroxyl groups is 5. The van der Waals surface area contributed by atoms with Crippen LogP contribution in [-0.2, 0) is 23.8 Å². The number of esters is 1. The molecule has 522 valence electrons. The molecule has 1 aliphatic heterocycles. The fourth-order valence-corrected chi connectivity index (χ4v) is 11.6. The second-order valence-electron chi connectivity index (χ2n) is 26.0. The van der Waals surface area contributed by atoms with Crippen LogP contribution in [0.4, 0.5) is 0 Å². The number of rotatable bonds is 66. The minimum atomic E-state index is -1.58. The molecule has 0 aromatic heterocycles. The van der Waals surface area contributed by atoms with E-state index in [-0.39, 0.29) is 18.5 Å². The van der Waals surface area contributed by atoms with E-state index in [1.165, 1.54) is 238 Å². The summed E-state index contributed by atoms with van der Waals surface area (Å²) in [6, 6.07) is -0.832. The molecule has 1 fully saturated rings. The minimum Gasteiger partial charge on any atom is -0.466 e. The molecule has 7 unspecified atom stereocenters. The van der Waals surface area contributed by atoms with Crippen molar-refractivity contribution in [1.82, 2.24) is 5.32 Å². The lowest BCUT2D eigenvalue weighted by Crippen LogP contribution is -2.60. The molecule has 0 spiro atoms. The Balaban J connectivity index is 1.88. The van der Waals surface area contributed by atoms with Crippen LogP contribution in [0.2, 0.25) is 0 Å². The quantitative estimate of drug-likeness (QED) is 0.0195. The summed E-state index contributed by atoms with van der Waals surface area (Å²) in [5.74, 6) is -0.197. The summed E-state index contributed by atoms with van der Waals surface area (Å²) in [7, 11) is 0. The summed E-state index contributed by atoms with van der Waals surface area (Å²) in [6.07, 6.45) is 83.6. The minimum absolute atomic E-state index is 0.000874. The highest BCUT2D eigenvalue weighted by molar-refractivity contribution is 5.76. The first kappa shape index (κ1) is 84.9. The number of amides is 1. The van der Waals surface area contributed by atoms with Gasteiger partial charge < -0.3 is 45.1 Å². The Morgan fingerprint density at radius 3 is 1.22 bits per heavy atom. The van der Waals surface area contributed by atoms with Crippen molar-refractivity contribution in [1.29, 1.82) is 0 Å². The standard InChI is InChI=1S/C79H141NO10/c1-3-5-7-9-11-13-14-15-44-47-51-55-59-63-67-75(84)88-68-64-60-56-52-48-45-42-40-38-36-34-32-30-28-26-24-22-20-18-16-17-19-21-23-25-27-29-31-33-35-37-39-41-43-46-50-54-58-62-66-74(83)80-71(72(82)65-61-57-53-49-12-10-8-6-4-2)70-89-79-78(87)77(86)76(85)73(69-81)90-79/h4,6,9,11-12,14-17,20,22,49,61,65,71-73,76-79,81-82,85-87H,3,5,7-8,10,13,18-19,21,23-48,50-60,62-64,66-70H2,1-2H3,(H,80,83)/b6-4+,11-9-,15-14-,17-16-,22-20-,49-12+,65-61+. The van der Waals surface area contributed by atoms with Crippen LogP contribution in [0.3, 0.4) is 0 Å². The molecule has 11 nitrogen and oxygen atoms in total. The zero-order valence-corrected chi connectivity index (χ0v) is 58.1. The van der Waals surface area contributed by atoms with E-state index in [9.17, 15) is 35.1 Å². The predicted molar refractivity (Wildman–Crippen MR) is 379 cm³/mol. The third kappa shape index (κ3) is 55.3. The summed E-state index contributed by atoms with van der Waals surface area (Å²) in [4.78, 5) is 25.1. The summed E-state index contributed by atoms with van der Waals surface area (Å²) in [5.41, 5.74) is 0. The number of aliphatic hydroxyl groups excluding tert-OH is 5. The van der Waals surface area contributed by atoms with E-state index in [2.05, 4.69) is 79.1 Å². The maximum absolute atomic E-state index is 13.0. The average molecular weight is 1260 g/mol. The number of unbranched alkanes of at least 4 members (excludes halogenated alkanes) is 41. The van der Waals surface area contributed by atoms with Crippen molar-refractivity contribution in [3.8, 4) is 0 Å². The molecule has 1 amide bonds. The van der Waals surface area contributed by atoms with Crippen molar-refractivity contribution in [2.45, 2.75) is 384 Å². The monoisotopic (exact) mass is 1260 g/mol. The predicted octanol–water partition coefficient (Wildman–Crippen LogP) is 20.0. The average Bonchev–Trinajstić information content (AvgIpc) is 0.983.